The molecule has 1 aromatic carbocycles. The van der Waals surface area contributed by atoms with Crippen LogP contribution in [0.5, 0.6) is 0 Å². The number of carbonyl (C=O) groups excluding carboxylic acids is 1. The zero-order valence-electron chi connectivity index (χ0n) is 11.1. The van der Waals surface area contributed by atoms with Gasteiger partial charge in [0, 0.05) is 37.5 Å². The zero-order chi connectivity index (χ0) is 14.4. The zero-order valence-corrected chi connectivity index (χ0v) is 11.1. The van der Waals surface area contributed by atoms with E-state index in [0.29, 0.717) is 13.1 Å². The molecule has 1 aromatic heterocycles. The number of hydrogen-bond acceptors (Lipinski definition) is 3. The number of anilines is 1. The normalized spacial score (nSPS) is 10.2. The first-order valence-corrected chi connectivity index (χ1v) is 6.43. The summed E-state index contributed by atoms with van der Waals surface area (Å²) < 4.78 is 1.51. The number of benzene rings is 1. The molecule has 0 aliphatic rings. The summed E-state index contributed by atoms with van der Waals surface area (Å²) in [7, 11) is 0. The van der Waals surface area contributed by atoms with Gasteiger partial charge in [-0.05, 0) is 23.8 Å². The summed E-state index contributed by atoms with van der Waals surface area (Å²) >= 11 is 0. The number of rotatable bonds is 5. The Kier molecular flexibility index (Phi) is 4.68. The maximum absolute atomic E-state index is 11.8. The molecule has 1 heterocycles. The smallest absolute Gasteiger partial charge is 0.250 e. The molecule has 1 amide bonds. The fourth-order valence-corrected chi connectivity index (χ4v) is 1.87. The first-order valence-electron chi connectivity index (χ1n) is 6.43. The van der Waals surface area contributed by atoms with Gasteiger partial charge in [0.15, 0.2) is 0 Å². The van der Waals surface area contributed by atoms with Crippen LogP contribution in [0.4, 0.5) is 5.69 Å². The Bertz CT molecular complexity index is 649. The van der Waals surface area contributed by atoms with Crippen molar-refractivity contribution >= 4 is 11.6 Å². The number of amides is 1. The molecule has 0 unspecified atom stereocenters. The quantitative estimate of drug-likeness (QED) is 0.861. The maximum atomic E-state index is 11.8. The fraction of sp³-hybridized carbons (Fsp3) is 0.200. The van der Waals surface area contributed by atoms with Crippen molar-refractivity contribution in [2.75, 3.05) is 5.32 Å². The molecule has 104 valence electrons. The lowest BCUT2D eigenvalue weighted by Gasteiger charge is -2.08. The van der Waals surface area contributed by atoms with Crippen LogP contribution in [0.1, 0.15) is 12.0 Å². The van der Waals surface area contributed by atoms with Crippen molar-refractivity contribution in [1.82, 2.24) is 4.57 Å². The lowest BCUT2D eigenvalue weighted by Crippen LogP contribution is -2.21. The largest absolute Gasteiger partial charge is 0.326 e. The number of aromatic nitrogens is 1. The molecule has 20 heavy (non-hydrogen) atoms. The highest BCUT2D eigenvalue weighted by Gasteiger charge is 2.04. The Morgan fingerprint density at radius 2 is 2.05 bits per heavy atom. The molecular formula is C15H17N3O2. The third-order valence-electron chi connectivity index (χ3n) is 2.93. The molecule has 2 rings (SSSR count). The number of carbonyl (C=O) groups is 1. The van der Waals surface area contributed by atoms with Crippen LogP contribution in [0.15, 0.2) is 53.5 Å². The van der Waals surface area contributed by atoms with E-state index in [4.69, 9.17) is 5.73 Å². The molecule has 5 heteroatoms. The van der Waals surface area contributed by atoms with Crippen molar-refractivity contribution in [3.05, 3.63) is 64.6 Å². The standard InChI is InChI=1S/C15H17N3O2/c16-11-12-4-3-5-13(10-12)17-14(19)7-9-18-8-2-1-6-15(18)20/h1-6,8,10H,7,9,11,16H2,(H,17,19). The number of pyridine rings is 1. The molecule has 2 aromatic rings. The minimum atomic E-state index is -0.130. The molecule has 0 saturated carbocycles. The summed E-state index contributed by atoms with van der Waals surface area (Å²) in [5, 5.41) is 2.80. The molecule has 0 aliphatic heterocycles. The highest BCUT2D eigenvalue weighted by molar-refractivity contribution is 5.90. The summed E-state index contributed by atoms with van der Waals surface area (Å²) in [5.41, 5.74) is 7.12. The predicted molar refractivity (Wildman–Crippen MR) is 78.3 cm³/mol. The maximum Gasteiger partial charge on any atom is 0.250 e. The lowest BCUT2D eigenvalue weighted by molar-refractivity contribution is -0.116. The number of aryl methyl sites for hydroxylation is 1. The van der Waals surface area contributed by atoms with E-state index >= 15 is 0 Å². The summed E-state index contributed by atoms with van der Waals surface area (Å²) in [6, 6.07) is 12.3. The predicted octanol–water partition coefficient (Wildman–Crippen LogP) is 1.34. The van der Waals surface area contributed by atoms with Gasteiger partial charge in [0.25, 0.3) is 5.56 Å². The second-order valence-corrected chi connectivity index (χ2v) is 4.43. The second kappa shape index (κ2) is 6.68. The van der Waals surface area contributed by atoms with E-state index in [2.05, 4.69) is 5.32 Å². The van der Waals surface area contributed by atoms with E-state index in [9.17, 15) is 9.59 Å². The Morgan fingerprint density at radius 1 is 1.20 bits per heavy atom. The molecule has 0 aliphatic carbocycles. The van der Waals surface area contributed by atoms with Crippen LogP contribution in [-0.4, -0.2) is 10.5 Å². The Labute approximate surface area is 117 Å². The molecule has 0 saturated heterocycles. The Hall–Kier alpha value is -2.40. The summed E-state index contributed by atoms with van der Waals surface area (Å²) in [6.07, 6.45) is 1.92. The third kappa shape index (κ3) is 3.80. The molecule has 0 bridgehead atoms. The van der Waals surface area contributed by atoms with E-state index in [1.807, 2.05) is 24.3 Å². The minimum absolute atomic E-state index is 0.106. The first-order chi connectivity index (χ1) is 9.69. The van der Waals surface area contributed by atoms with Crippen LogP contribution in [-0.2, 0) is 17.9 Å². The molecule has 0 fully saturated rings. The van der Waals surface area contributed by atoms with Crippen molar-refractivity contribution < 1.29 is 4.79 Å². The third-order valence-corrected chi connectivity index (χ3v) is 2.93. The van der Waals surface area contributed by atoms with Crippen LogP contribution in [0.25, 0.3) is 0 Å². The van der Waals surface area contributed by atoms with Crippen molar-refractivity contribution in [3.8, 4) is 0 Å². The van der Waals surface area contributed by atoms with Gasteiger partial charge in [-0.3, -0.25) is 9.59 Å². The molecular weight excluding hydrogens is 254 g/mol. The van der Waals surface area contributed by atoms with Gasteiger partial charge >= 0.3 is 0 Å². The summed E-state index contributed by atoms with van der Waals surface area (Å²) in [4.78, 5) is 23.3. The molecule has 0 radical (unpaired) electrons. The van der Waals surface area contributed by atoms with E-state index < -0.39 is 0 Å². The van der Waals surface area contributed by atoms with Crippen molar-refractivity contribution in [2.45, 2.75) is 19.5 Å². The van der Waals surface area contributed by atoms with Gasteiger partial charge in [-0.1, -0.05) is 18.2 Å². The molecule has 3 N–H and O–H groups in total. The van der Waals surface area contributed by atoms with Crippen molar-refractivity contribution in [1.29, 1.82) is 0 Å². The topological polar surface area (TPSA) is 77.1 Å². The summed E-state index contributed by atoms with van der Waals surface area (Å²) in [5.74, 6) is -0.130. The SMILES string of the molecule is NCc1cccc(NC(=O)CCn2ccccc2=O)c1. The van der Waals surface area contributed by atoms with E-state index in [0.717, 1.165) is 11.3 Å². The summed E-state index contributed by atoms with van der Waals surface area (Å²) in [6.45, 7) is 0.797. The van der Waals surface area contributed by atoms with Crippen molar-refractivity contribution in [3.63, 3.8) is 0 Å². The number of nitrogens with one attached hydrogen (secondary N) is 1. The number of nitrogens with two attached hydrogens (primary N) is 1. The fourth-order valence-electron chi connectivity index (χ4n) is 1.87. The van der Waals surface area contributed by atoms with E-state index in [1.54, 1.807) is 18.3 Å². The number of nitrogens with zero attached hydrogens (tertiary/aromatic N) is 1. The first kappa shape index (κ1) is 14.0. The van der Waals surface area contributed by atoms with E-state index in [-0.39, 0.29) is 17.9 Å². The van der Waals surface area contributed by atoms with Crippen LogP contribution in [0.2, 0.25) is 0 Å². The molecule has 0 spiro atoms. The highest BCUT2D eigenvalue weighted by atomic mass is 16.1. The number of hydrogen-bond donors (Lipinski definition) is 2. The van der Waals surface area contributed by atoms with Gasteiger partial charge in [-0.15, -0.1) is 0 Å². The van der Waals surface area contributed by atoms with Crippen LogP contribution in [0, 0.1) is 0 Å². The average molecular weight is 271 g/mol. The molecule has 5 nitrogen and oxygen atoms in total. The van der Waals surface area contributed by atoms with E-state index in [1.165, 1.54) is 10.6 Å². The van der Waals surface area contributed by atoms with Gasteiger partial charge in [0.1, 0.15) is 0 Å². The lowest BCUT2D eigenvalue weighted by atomic mass is 10.2. The van der Waals surface area contributed by atoms with Gasteiger partial charge in [-0.25, -0.2) is 0 Å². The monoisotopic (exact) mass is 271 g/mol. The van der Waals surface area contributed by atoms with Crippen LogP contribution in [0.3, 0.4) is 0 Å². The van der Waals surface area contributed by atoms with Gasteiger partial charge in [0.05, 0.1) is 0 Å². The average Bonchev–Trinajstić information content (AvgIpc) is 2.46. The van der Waals surface area contributed by atoms with Gasteiger partial charge < -0.3 is 15.6 Å². The Balaban J connectivity index is 1.92. The minimum Gasteiger partial charge on any atom is -0.326 e. The van der Waals surface area contributed by atoms with Gasteiger partial charge in [0.2, 0.25) is 5.91 Å². The van der Waals surface area contributed by atoms with Gasteiger partial charge in [-0.2, -0.15) is 0 Å². The molecule has 0 atom stereocenters. The van der Waals surface area contributed by atoms with Crippen LogP contribution >= 0.6 is 0 Å². The second-order valence-electron chi connectivity index (χ2n) is 4.43. The van der Waals surface area contributed by atoms with Crippen molar-refractivity contribution in [2.24, 2.45) is 5.73 Å². The highest BCUT2D eigenvalue weighted by Crippen LogP contribution is 2.10. The van der Waals surface area contributed by atoms with Crippen LogP contribution < -0.4 is 16.6 Å². The Morgan fingerprint density at radius 3 is 2.80 bits per heavy atom.